The molecule has 0 fully saturated rings. The first-order valence-electron chi connectivity index (χ1n) is 12.0. The van der Waals surface area contributed by atoms with Gasteiger partial charge in [-0.05, 0) is 65.6 Å². The lowest BCUT2D eigenvalue weighted by Crippen LogP contribution is -2.31. The van der Waals surface area contributed by atoms with Crippen molar-refractivity contribution in [3.05, 3.63) is 104 Å². The molecule has 2 aromatic carbocycles. The molecular formula is C29H28N4O2S2. The summed E-state index contributed by atoms with van der Waals surface area (Å²) in [6, 6.07) is 21.3. The molecule has 1 aromatic heterocycles. The highest BCUT2D eigenvalue weighted by Gasteiger charge is 2.35. The van der Waals surface area contributed by atoms with Crippen LogP contribution >= 0.6 is 23.1 Å². The summed E-state index contributed by atoms with van der Waals surface area (Å²) in [5.41, 5.74) is 5.08. The fourth-order valence-electron chi connectivity index (χ4n) is 4.20. The second-order valence-electron chi connectivity index (χ2n) is 8.61. The lowest BCUT2D eigenvalue weighted by Gasteiger charge is -2.29. The van der Waals surface area contributed by atoms with E-state index in [4.69, 9.17) is 0 Å². The predicted octanol–water partition coefficient (Wildman–Crippen LogP) is 6.41. The third-order valence-electron chi connectivity index (χ3n) is 5.92. The van der Waals surface area contributed by atoms with Gasteiger partial charge in [-0.25, -0.2) is 0 Å². The zero-order valence-corrected chi connectivity index (χ0v) is 22.3. The Morgan fingerprint density at radius 3 is 2.43 bits per heavy atom. The van der Waals surface area contributed by atoms with E-state index in [2.05, 4.69) is 28.9 Å². The molecule has 37 heavy (non-hydrogen) atoms. The number of carbonyl (C=O) groups is 2. The first-order chi connectivity index (χ1) is 18.0. The third kappa shape index (κ3) is 6.50. The number of hydrogen-bond donors (Lipinski definition) is 3. The Morgan fingerprint density at radius 1 is 1.05 bits per heavy atom. The second-order valence-corrected chi connectivity index (χ2v) is 10.4. The van der Waals surface area contributed by atoms with Crippen molar-refractivity contribution in [1.29, 1.82) is 5.26 Å². The topological polar surface area (TPSA) is 94.0 Å². The number of aryl methyl sites for hydroxylation is 1. The lowest BCUT2D eigenvalue weighted by molar-refractivity contribution is -0.114. The highest BCUT2D eigenvalue weighted by Crippen LogP contribution is 2.41. The Kier molecular flexibility index (Phi) is 8.83. The zero-order valence-electron chi connectivity index (χ0n) is 20.7. The number of hydrogen-bond acceptors (Lipinski definition) is 6. The molecular weight excluding hydrogens is 500 g/mol. The minimum Gasteiger partial charge on any atom is -0.353 e. The van der Waals surface area contributed by atoms with E-state index in [1.165, 1.54) is 28.7 Å². The van der Waals surface area contributed by atoms with Gasteiger partial charge in [0.25, 0.3) is 5.91 Å². The number of nitrogens with one attached hydrogen (secondary N) is 3. The number of thioether (sulfide) groups is 1. The van der Waals surface area contributed by atoms with Crippen molar-refractivity contribution in [2.24, 2.45) is 0 Å². The van der Waals surface area contributed by atoms with E-state index < -0.39 is 5.92 Å². The highest BCUT2D eigenvalue weighted by atomic mass is 32.2. The number of allylic oxidation sites excluding steroid dienone is 2. The highest BCUT2D eigenvalue weighted by molar-refractivity contribution is 8.03. The van der Waals surface area contributed by atoms with E-state index in [0.29, 0.717) is 27.6 Å². The second kappa shape index (κ2) is 12.4. The Labute approximate surface area is 225 Å². The first-order valence-corrected chi connectivity index (χ1v) is 13.9. The smallest absolute Gasteiger partial charge is 0.254 e. The maximum Gasteiger partial charge on any atom is 0.254 e. The lowest BCUT2D eigenvalue weighted by atomic mass is 9.83. The number of nitriles is 1. The van der Waals surface area contributed by atoms with Gasteiger partial charge in [0.15, 0.2) is 0 Å². The molecule has 2 heterocycles. The van der Waals surface area contributed by atoms with Gasteiger partial charge in [-0.3, -0.25) is 9.59 Å². The molecule has 3 N–H and O–H groups in total. The fraction of sp³-hybridized carbons (Fsp3) is 0.207. The van der Waals surface area contributed by atoms with Crippen LogP contribution < -0.4 is 16.0 Å². The van der Waals surface area contributed by atoms with Gasteiger partial charge < -0.3 is 16.0 Å². The largest absolute Gasteiger partial charge is 0.353 e. The number of carbonyl (C=O) groups excluding carboxylic acids is 2. The van der Waals surface area contributed by atoms with Crippen LogP contribution in [-0.2, 0) is 16.0 Å². The van der Waals surface area contributed by atoms with Crippen molar-refractivity contribution in [2.45, 2.75) is 32.6 Å². The molecule has 6 nitrogen and oxygen atoms in total. The third-order valence-corrected chi connectivity index (χ3v) is 7.64. The van der Waals surface area contributed by atoms with E-state index in [1.54, 1.807) is 0 Å². The molecule has 3 aromatic rings. The van der Waals surface area contributed by atoms with Crippen molar-refractivity contribution < 1.29 is 9.59 Å². The van der Waals surface area contributed by atoms with Gasteiger partial charge in [0, 0.05) is 22.6 Å². The number of amides is 2. The summed E-state index contributed by atoms with van der Waals surface area (Å²) in [6.45, 7) is 3.96. The van der Waals surface area contributed by atoms with Crippen LogP contribution in [0, 0.1) is 11.3 Å². The molecule has 1 aliphatic heterocycles. The van der Waals surface area contributed by atoms with Gasteiger partial charge in [0.2, 0.25) is 5.91 Å². The van der Waals surface area contributed by atoms with Crippen molar-refractivity contribution in [2.75, 3.05) is 16.4 Å². The molecule has 0 saturated carbocycles. The van der Waals surface area contributed by atoms with E-state index in [-0.39, 0.29) is 17.6 Å². The Balaban J connectivity index is 1.52. The Bertz CT molecular complexity index is 1360. The van der Waals surface area contributed by atoms with Gasteiger partial charge in [-0.2, -0.15) is 16.6 Å². The molecule has 0 radical (unpaired) electrons. The minimum absolute atomic E-state index is 0.124. The van der Waals surface area contributed by atoms with Crippen molar-refractivity contribution in [3.63, 3.8) is 0 Å². The molecule has 1 atom stereocenters. The summed E-state index contributed by atoms with van der Waals surface area (Å²) in [5, 5.41) is 23.7. The Hall–Kier alpha value is -3.80. The van der Waals surface area contributed by atoms with E-state index in [1.807, 2.05) is 78.3 Å². The van der Waals surface area contributed by atoms with Crippen LogP contribution in [0.3, 0.4) is 0 Å². The molecule has 1 aliphatic rings. The molecule has 4 rings (SSSR count). The predicted molar refractivity (Wildman–Crippen MR) is 152 cm³/mol. The van der Waals surface area contributed by atoms with Crippen LogP contribution in [-0.4, -0.2) is 17.6 Å². The summed E-state index contributed by atoms with van der Waals surface area (Å²) in [6.07, 6.45) is 2.08. The van der Waals surface area contributed by atoms with Crippen LogP contribution in [0.25, 0.3) is 0 Å². The molecule has 2 amide bonds. The fourth-order valence-corrected chi connectivity index (χ4v) is 5.78. The summed E-state index contributed by atoms with van der Waals surface area (Å²) in [7, 11) is 0. The van der Waals surface area contributed by atoms with Crippen LogP contribution in [0.2, 0.25) is 0 Å². The number of anilines is 2. The number of benzene rings is 2. The van der Waals surface area contributed by atoms with Gasteiger partial charge in [-0.1, -0.05) is 55.4 Å². The summed E-state index contributed by atoms with van der Waals surface area (Å²) in [4.78, 5) is 26.1. The average molecular weight is 529 g/mol. The molecule has 1 unspecified atom stereocenters. The monoisotopic (exact) mass is 528 g/mol. The maximum absolute atomic E-state index is 13.4. The van der Waals surface area contributed by atoms with Crippen LogP contribution in [0.15, 0.2) is 93.3 Å². The SMILES string of the molecule is CCCc1ccc(NC(=O)CSC2=C(C#N)C(c3ccsc3)C(C(=O)Nc3ccccc3)=C(C)N2)cc1. The average Bonchev–Trinajstić information content (AvgIpc) is 3.43. The quantitative estimate of drug-likeness (QED) is 0.298. The number of thiophene rings is 1. The van der Waals surface area contributed by atoms with Gasteiger partial charge in [-0.15, -0.1) is 0 Å². The van der Waals surface area contributed by atoms with Gasteiger partial charge >= 0.3 is 0 Å². The van der Waals surface area contributed by atoms with Crippen LogP contribution in [0.4, 0.5) is 11.4 Å². The summed E-state index contributed by atoms with van der Waals surface area (Å²) in [5.74, 6) is -0.841. The van der Waals surface area contributed by atoms with Crippen molar-refractivity contribution in [1.82, 2.24) is 5.32 Å². The van der Waals surface area contributed by atoms with Gasteiger partial charge in [0.1, 0.15) is 0 Å². The zero-order chi connectivity index (χ0) is 26.2. The van der Waals surface area contributed by atoms with Crippen LogP contribution in [0.5, 0.6) is 0 Å². The summed E-state index contributed by atoms with van der Waals surface area (Å²) < 4.78 is 0. The first kappa shape index (κ1) is 26.3. The van der Waals surface area contributed by atoms with Crippen molar-refractivity contribution >= 4 is 46.3 Å². The molecule has 0 aliphatic carbocycles. The van der Waals surface area contributed by atoms with Crippen LogP contribution in [0.1, 0.15) is 37.3 Å². The van der Waals surface area contributed by atoms with Crippen molar-refractivity contribution in [3.8, 4) is 6.07 Å². The molecule has 0 saturated heterocycles. The van der Waals surface area contributed by atoms with E-state index in [0.717, 1.165) is 24.1 Å². The van der Waals surface area contributed by atoms with Gasteiger partial charge in [0.05, 0.1) is 28.3 Å². The number of para-hydroxylation sites is 1. The maximum atomic E-state index is 13.4. The molecule has 0 spiro atoms. The number of dihydropyridines is 1. The minimum atomic E-state index is -0.530. The normalized spacial score (nSPS) is 15.1. The molecule has 188 valence electrons. The number of nitrogens with zero attached hydrogens (tertiary/aromatic N) is 1. The molecule has 8 heteroatoms. The van der Waals surface area contributed by atoms with E-state index in [9.17, 15) is 14.9 Å². The standard InChI is InChI=1S/C29H28N4O2S2/c1-3-7-20-10-12-23(13-11-20)32-25(34)18-37-29-24(16-30)27(21-14-15-36-17-21)26(19(2)31-29)28(35)33-22-8-5-4-6-9-22/h4-6,8-15,17,27,31H,3,7,18H2,1-2H3,(H,32,34)(H,33,35). The summed E-state index contributed by atoms with van der Waals surface area (Å²) >= 11 is 2.77. The number of rotatable bonds is 9. The van der Waals surface area contributed by atoms with E-state index >= 15 is 0 Å². The Morgan fingerprint density at radius 2 is 1.78 bits per heavy atom. The molecule has 0 bridgehead atoms.